The highest BCUT2D eigenvalue weighted by molar-refractivity contribution is 5.81. The number of halogens is 1. The minimum atomic E-state index is -0.280. The highest BCUT2D eigenvalue weighted by Gasteiger charge is 2.25. The first kappa shape index (κ1) is 15.5. The van der Waals surface area contributed by atoms with Gasteiger partial charge in [-0.3, -0.25) is 8.80 Å². The average molecular weight is 374 g/mol. The van der Waals surface area contributed by atoms with Crippen LogP contribution in [0, 0.1) is 5.82 Å². The third kappa shape index (κ3) is 2.21. The van der Waals surface area contributed by atoms with Crippen LogP contribution in [0.15, 0.2) is 59.5 Å². The van der Waals surface area contributed by atoms with Crippen molar-refractivity contribution in [2.45, 2.75) is 5.92 Å². The molecule has 4 aromatic heterocycles. The molecule has 0 unspecified atom stereocenters. The number of rotatable bonds is 3. The summed E-state index contributed by atoms with van der Waals surface area (Å²) >= 11 is 0. The van der Waals surface area contributed by atoms with Gasteiger partial charge in [0.25, 0.3) is 0 Å². The van der Waals surface area contributed by atoms with Crippen LogP contribution in [-0.4, -0.2) is 37.1 Å². The van der Waals surface area contributed by atoms with E-state index in [0.717, 1.165) is 47.1 Å². The lowest BCUT2D eigenvalue weighted by Crippen LogP contribution is -2.40. The Morgan fingerprint density at radius 2 is 1.82 bits per heavy atom. The minimum absolute atomic E-state index is 0.280. The Bertz CT molecular complexity index is 1310. The lowest BCUT2D eigenvalue weighted by Gasteiger charge is -2.25. The summed E-state index contributed by atoms with van der Waals surface area (Å²) in [5.41, 5.74) is 4.20. The van der Waals surface area contributed by atoms with Gasteiger partial charge in [0, 0.05) is 42.5 Å². The van der Waals surface area contributed by atoms with E-state index in [9.17, 15) is 4.39 Å². The van der Waals surface area contributed by atoms with E-state index in [4.69, 9.17) is 4.42 Å². The molecule has 0 atom stereocenters. The summed E-state index contributed by atoms with van der Waals surface area (Å²) in [5, 5.41) is 11.9. The van der Waals surface area contributed by atoms with E-state index in [1.807, 2.05) is 33.3 Å². The monoisotopic (exact) mass is 374 g/mol. The smallest absolute Gasteiger partial charge is 0.306 e. The molecule has 1 aromatic carbocycles. The second-order valence-electron chi connectivity index (χ2n) is 6.93. The molecule has 0 radical (unpaired) electrons. The van der Waals surface area contributed by atoms with Crippen LogP contribution in [0.4, 0.5) is 4.39 Å². The molecule has 5 heterocycles. The Hall–Kier alpha value is -3.52. The van der Waals surface area contributed by atoms with Gasteiger partial charge in [0.05, 0.1) is 5.69 Å². The largest absolute Gasteiger partial charge is 0.432 e. The number of nitrogens with one attached hydrogen (secondary N) is 1. The van der Waals surface area contributed by atoms with Crippen LogP contribution in [0.5, 0.6) is 0 Å². The molecule has 28 heavy (non-hydrogen) atoms. The van der Waals surface area contributed by atoms with Crippen LogP contribution in [0.1, 0.15) is 11.7 Å². The first-order valence-corrected chi connectivity index (χ1v) is 9.05. The summed E-state index contributed by atoms with van der Waals surface area (Å²) in [4.78, 5) is 4.62. The molecular weight excluding hydrogens is 359 g/mol. The number of imidazole rings is 1. The van der Waals surface area contributed by atoms with Crippen LogP contribution >= 0.6 is 0 Å². The maximum Gasteiger partial charge on any atom is 0.306 e. The lowest BCUT2D eigenvalue weighted by atomic mass is 10.0. The highest BCUT2D eigenvalue weighted by Crippen LogP contribution is 2.33. The second kappa shape index (κ2) is 5.74. The van der Waals surface area contributed by atoms with E-state index in [1.165, 1.54) is 12.1 Å². The zero-order chi connectivity index (χ0) is 18.7. The maximum absolute atomic E-state index is 13.4. The van der Waals surface area contributed by atoms with E-state index in [2.05, 4.69) is 20.5 Å². The van der Waals surface area contributed by atoms with Crippen molar-refractivity contribution in [3.8, 4) is 22.5 Å². The molecule has 1 N–H and O–H groups in total. The summed E-state index contributed by atoms with van der Waals surface area (Å²) in [6, 6.07) is 10.3. The summed E-state index contributed by atoms with van der Waals surface area (Å²) < 4.78 is 22.8. The Labute approximate surface area is 158 Å². The zero-order valence-electron chi connectivity index (χ0n) is 14.7. The number of oxazole rings is 1. The Kier molecular flexibility index (Phi) is 3.18. The maximum atomic E-state index is 13.4. The molecule has 138 valence electrons. The molecular formula is C20H15FN6O. The lowest BCUT2D eigenvalue weighted by molar-refractivity contribution is 0.427. The fraction of sp³-hybridized carbons (Fsp3) is 0.150. The van der Waals surface area contributed by atoms with Gasteiger partial charge in [-0.2, -0.15) is 4.98 Å². The number of hydrogen-bond donors (Lipinski definition) is 1. The van der Waals surface area contributed by atoms with E-state index < -0.39 is 0 Å². The number of aromatic nitrogens is 5. The van der Waals surface area contributed by atoms with Crippen LogP contribution in [0.3, 0.4) is 0 Å². The van der Waals surface area contributed by atoms with Crippen molar-refractivity contribution in [1.82, 2.24) is 29.3 Å². The Morgan fingerprint density at radius 3 is 2.61 bits per heavy atom. The van der Waals surface area contributed by atoms with Crippen molar-refractivity contribution in [2.24, 2.45) is 0 Å². The molecule has 0 spiro atoms. The topological polar surface area (TPSA) is 72.7 Å². The number of nitrogens with zero attached hydrogens (tertiary/aromatic N) is 5. The second-order valence-corrected chi connectivity index (χ2v) is 6.93. The Morgan fingerprint density at radius 1 is 1.00 bits per heavy atom. The molecule has 1 aliphatic heterocycles. The van der Waals surface area contributed by atoms with E-state index in [-0.39, 0.29) is 5.82 Å². The van der Waals surface area contributed by atoms with Gasteiger partial charge in [0.1, 0.15) is 23.6 Å². The van der Waals surface area contributed by atoms with Gasteiger partial charge in [-0.05, 0) is 36.4 Å². The number of fused-ring (bicyclic) bond motifs is 2. The zero-order valence-corrected chi connectivity index (χ0v) is 14.7. The summed E-state index contributed by atoms with van der Waals surface area (Å²) in [5.74, 6) is 1.52. The Balaban J connectivity index is 1.58. The summed E-state index contributed by atoms with van der Waals surface area (Å²) in [7, 11) is 0. The van der Waals surface area contributed by atoms with E-state index in [0.29, 0.717) is 11.8 Å². The summed E-state index contributed by atoms with van der Waals surface area (Å²) in [6.45, 7) is 1.81. The third-order valence-corrected chi connectivity index (χ3v) is 5.23. The minimum Gasteiger partial charge on any atom is -0.432 e. The average Bonchev–Trinajstić information content (AvgIpc) is 3.35. The molecule has 0 aliphatic carbocycles. The van der Waals surface area contributed by atoms with Gasteiger partial charge in [0.2, 0.25) is 0 Å². The molecule has 1 aliphatic rings. The summed E-state index contributed by atoms with van der Waals surface area (Å²) in [6.07, 6.45) is 5.47. The molecule has 8 heteroatoms. The van der Waals surface area contributed by atoms with Gasteiger partial charge >= 0.3 is 5.84 Å². The third-order valence-electron chi connectivity index (χ3n) is 5.23. The van der Waals surface area contributed by atoms with Crippen molar-refractivity contribution >= 4 is 11.5 Å². The molecule has 7 nitrogen and oxygen atoms in total. The van der Waals surface area contributed by atoms with Crippen LogP contribution in [-0.2, 0) is 0 Å². The van der Waals surface area contributed by atoms with Crippen molar-refractivity contribution in [1.29, 1.82) is 0 Å². The van der Waals surface area contributed by atoms with E-state index in [1.54, 1.807) is 18.4 Å². The molecule has 6 rings (SSSR count). The van der Waals surface area contributed by atoms with Crippen molar-refractivity contribution < 1.29 is 8.81 Å². The van der Waals surface area contributed by atoms with E-state index >= 15 is 0 Å². The predicted octanol–water partition coefficient (Wildman–Crippen LogP) is 3.13. The molecule has 0 saturated carbocycles. The number of benzene rings is 1. The SMILES string of the molecule is Fc1ccc(-c2nc3occn3c2-c2ccc3nnc(C4CNC4)n3c2)cc1. The van der Waals surface area contributed by atoms with Gasteiger partial charge in [-0.25, -0.2) is 4.39 Å². The van der Waals surface area contributed by atoms with Crippen LogP contribution < -0.4 is 5.32 Å². The number of hydrogen-bond acceptors (Lipinski definition) is 5. The normalized spacial score (nSPS) is 14.8. The molecule has 0 amide bonds. The van der Waals surface area contributed by atoms with Gasteiger partial charge in [0.15, 0.2) is 5.65 Å². The first-order chi connectivity index (χ1) is 13.8. The standard InChI is InChI=1S/C20H15FN6O/c21-15-4-1-12(2-5-15)17-18(26-7-8-28-20(26)23-17)13-3-6-16-24-25-19(27(16)11-13)14-9-22-10-14/h1-8,11,14,22H,9-10H2. The van der Waals surface area contributed by atoms with Gasteiger partial charge in [-0.15, -0.1) is 10.2 Å². The number of pyridine rings is 1. The van der Waals surface area contributed by atoms with Crippen LogP contribution in [0.25, 0.3) is 34.0 Å². The fourth-order valence-corrected chi connectivity index (χ4v) is 3.67. The molecule has 5 aromatic rings. The molecule has 0 bridgehead atoms. The van der Waals surface area contributed by atoms with Crippen molar-refractivity contribution in [2.75, 3.05) is 13.1 Å². The van der Waals surface area contributed by atoms with Gasteiger partial charge in [-0.1, -0.05) is 0 Å². The quantitative estimate of drug-likeness (QED) is 0.525. The van der Waals surface area contributed by atoms with Crippen molar-refractivity contribution in [3.63, 3.8) is 0 Å². The molecule has 1 fully saturated rings. The van der Waals surface area contributed by atoms with Crippen molar-refractivity contribution in [3.05, 3.63) is 66.7 Å². The molecule has 1 saturated heterocycles. The first-order valence-electron chi connectivity index (χ1n) is 9.05. The predicted molar refractivity (Wildman–Crippen MR) is 100 cm³/mol. The highest BCUT2D eigenvalue weighted by atomic mass is 19.1. The van der Waals surface area contributed by atoms with Gasteiger partial charge < -0.3 is 9.73 Å². The fourth-order valence-electron chi connectivity index (χ4n) is 3.67. The van der Waals surface area contributed by atoms with Crippen LogP contribution in [0.2, 0.25) is 0 Å².